The molecule has 1 heterocycles. The summed E-state index contributed by atoms with van der Waals surface area (Å²) in [4.78, 5) is 0. The normalized spacial score (nSPS) is 10.1. The zero-order valence-electron chi connectivity index (χ0n) is 9.24. The van der Waals surface area contributed by atoms with Crippen molar-refractivity contribution in [3.8, 4) is 6.07 Å². The molecule has 96 valence electrons. The number of halogens is 4. The first-order valence-electron chi connectivity index (χ1n) is 5.00. The molecule has 0 unspecified atom stereocenters. The van der Waals surface area contributed by atoms with Gasteiger partial charge >= 0.3 is 0 Å². The Bertz CT molecular complexity index is 636. The average molecular weight is 267 g/mol. The van der Waals surface area contributed by atoms with Crippen molar-refractivity contribution in [3.63, 3.8) is 0 Å². The number of nitrogens with zero attached hydrogens (tertiary/aromatic N) is 3. The number of pyridine rings is 1. The summed E-state index contributed by atoms with van der Waals surface area (Å²) in [7, 11) is 0. The Labute approximate surface area is 105 Å². The van der Waals surface area contributed by atoms with Gasteiger partial charge in [-0.05, 0) is 5.69 Å². The maximum Gasteiger partial charge on any atom is 0.178 e. The van der Waals surface area contributed by atoms with Gasteiger partial charge in [0, 0.05) is 12.1 Å². The third-order valence-electron chi connectivity index (χ3n) is 2.27. The lowest BCUT2D eigenvalue weighted by atomic mass is 10.1. The third kappa shape index (κ3) is 2.20. The van der Waals surface area contributed by atoms with Crippen LogP contribution in [0.2, 0.25) is 0 Å². The smallest absolute Gasteiger partial charge is 0.178 e. The maximum absolute atomic E-state index is 13.5. The van der Waals surface area contributed by atoms with Crippen molar-refractivity contribution >= 4 is 5.69 Å². The SMILES string of the molecule is N#Cc1c(F)c(F)c([N-][n+]2ccccc2)c(F)c1F. The highest BCUT2D eigenvalue weighted by atomic mass is 19.2. The second-order valence-electron chi connectivity index (χ2n) is 3.45. The van der Waals surface area contributed by atoms with Crippen LogP contribution in [0.15, 0.2) is 30.6 Å². The molecule has 2 aromatic rings. The van der Waals surface area contributed by atoms with Crippen molar-refractivity contribution in [1.29, 1.82) is 5.26 Å². The van der Waals surface area contributed by atoms with Crippen molar-refractivity contribution in [2.45, 2.75) is 0 Å². The molecular weight excluding hydrogens is 262 g/mol. The van der Waals surface area contributed by atoms with E-state index in [0.717, 1.165) is 10.7 Å². The molecule has 7 heteroatoms. The molecule has 0 spiro atoms. The summed E-state index contributed by atoms with van der Waals surface area (Å²) in [6.45, 7) is 0. The molecule has 0 saturated carbocycles. The van der Waals surface area contributed by atoms with Gasteiger partial charge in [-0.15, -0.1) is 0 Å². The largest absolute Gasteiger partial charge is 0.399 e. The highest BCUT2D eigenvalue weighted by Crippen LogP contribution is 2.31. The quantitative estimate of drug-likeness (QED) is 0.468. The molecule has 0 saturated heterocycles. The van der Waals surface area contributed by atoms with Crippen molar-refractivity contribution in [2.24, 2.45) is 0 Å². The molecule has 19 heavy (non-hydrogen) atoms. The number of nitriles is 1. The van der Waals surface area contributed by atoms with E-state index >= 15 is 0 Å². The summed E-state index contributed by atoms with van der Waals surface area (Å²) in [6, 6.07) is 5.70. The van der Waals surface area contributed by atoms with E-state index in [-0.39, 0.29) is 0 Å². The highest BCUT2D eigenvalue weighted by molar-refractivity contribution is 5.53. The first-order valence-corrected chi connectivity index (χ1v) is 5.00. The van der Waals surface area contributed by atoms with Crippen molar-refractivity contribution in [2.75, 3.05) is 0 Å². The Balaban J connectivity index is 2.57. The number of hydrogen-bond acceptors (Lipinski definition) is 1. The number of aromatic nitrogens is 1. The van der Waals surface area contributed by atoms with Gasteiger partial charge in [-0.25, -0.2) is 22.2 Å². The zero-order chi connectivity index (χ0) is 14.0. The predicted molar refractivity (Wildman–Crippen MR) is 56.0 cm³/mol. The molecule has 0 aliphatic rings. The van der Waals surface area contributed by atoms with Crippen LogP contribution in [-0.4, -0.2) is 0 Å². The monoisotopic (exact) mass is 267 g/mol. The van der Waals surface area contributed by atoms with Crippen LogP contribution >= 0.6 is 0 Å². The predicted octanol–water partition coefficient (Wildman–Crippen LogP) is 2.87. The summed E-state index contributed by atoms with van der Waals surface area (Å²) in [5.41, 5.74) is 0.967. The van der Waals surface area contributed by atoms with Crippen LogP contribution in [0.25, 0.3) is 5.43 Å². The Morgan fingerprint density at radius 2 is 1.42 bits per heavy atom. The second-order valence-corrected chi connectivity index (χ2v) is 3.45. The van der Waals surface area contributed by atoms with Crippen LogP contribution < -0.4 is 4.68 Å². The van der Waals surface area contributed by atoms with E-state index in [9.17, 15) is 17.6 Å². The van der Waals surface area contributed by atoms with E-state index in [4.69, 9.17) is 5.26 Å². The van der Waals surface area contributed by atoms with Crippen molar-refractivity contribution in [3.05, 3.63) is 64.9 Å². The third-order valence-corrected chi connectivity index (χ3v) is 2.27. The fourth-order valence-corrected chi connectivity index (χ4v) is 1.38. The minimum atomic E-state index is -1.77. The molecule has 0 atom stereocenters. The van der Waals surface area contributed by atoms with Crippen LogP contribution in [0, 0.1) is 34.6 Å². The average Bonchev–Trinajstić information content (AvgIpc) is 2.43. The molecule has 0 radical (unpaired) electrons. The van der Waals surface area contributed by atoms with E-state index in [0.29, 0.717) is 0 Å². The van der Waals surface area contributed by atoms with Crippen molar-refractivity contribution < 1.29 is 22.2 Å². The lowest BCUT2D eigenvalue weighted by Crippen LogP contribution is -2.27. The van der Waals surface area contributed by atoms with E-state index in [2.05, 4.69) is 5.43 Å². The fraction of sp³-hybridized carbons (Fsp3) is 0. The lowest BCUT2D eigenvalue weighted by Gasteiger charge is -2.17. The molecule has 0 amide bonds. The molecule has 0 fully saturated rings. The molecule has 2 rings (SSSR count). The number of hydrogen-bond donors (Lipinski definition) is 0. The van der Waals surface area contributed by atoms with Crippen molar-refractivity contribution in [1.82, 2.24) is 0 Å². The van der Waals surface area contributed by atoms with Gasteiger partial charge < -0.3 is 5.43 Å². The minimum absolute atomic E-state index is 0.979. The summed E-state index contributed by atoms with van der Waals surface area (Å²) < 4.78 is 54.7. The summed E-state index contributed by atoms with van der Waals surface area (Å²) in [6.07, 6.45) is 2.65. The number of rotatable bonds is 2. The zero-order valence-corrected chi connectivity index (χ0v) is 9.24. The lowest BCUT2D eigenvalue weighted by molar-refractivity contribution is -0.619. The molecule has 3 nitrogen and oxygen atoms in total. The summed E-state index contributed by atoms with van der Waals surface area (Å²) in [5.74, 6) is -6.97. The first kappa shape index (κ1) is 12.8. The van der Waals surface area contributed by atoms with Gasteiger partial charge in [-0.3, -0.25) is 0 Å². The topological polar surface area (TPSA) is 41.8 Å². The molecule has 0 aliphatic heterocycles. The Hall–Kier alpha value is -2.62. The van der Waals surface area contributed by atoms with E-state index in [1.54, 1.807) is 6.07 Å². The molecule has 0 aliphatic carbocycles. The van der Waals surface area contributed by atoms with E-state index in [1.165, 1.54) is 24.5 Å². The summed E-state index contributed by atoms with van der Waals surface area (Å²) >= 11 is 0. The summed E-state index contributed by atoms with van der Waals surface area (Å²) in [5, 5.41) is 8.43. The van der Waals surface area contributed by atoms with Crippen LogP contribution in [0.3, 0.4) is 0 Å². The van der Waals surface area contributed by atoms with Gasteiger partial charge in [-0.1, -0.05) is 6.07 Å². The maximum atomic E-state index is 13.5. The van der Waals surface area contributed by atoms with Crippen LogP contribution in [0.5, 0.6) is 0 Å². The van der Waals surface area contributed by atoms with Gasteiger partial charge in [0.2, 0.25) is 0 Å². The number of benzene rings is 1. The highest BCUT2D eigenvalue weighted by Gasteiger charge is 2.22. The molecule has 0 N–H and O–H groups in total. The molecule has 1 aromatic heterocycles. The van der Waals surface area contributed by atoms with Gasteiger partial charge in [0.15, 0.2) is 35.7 Å². The van der Waals surface area contributed by atoms with Gasteiger partial charge in [0.05, 0.1) is 0 Å². The standard InChI is InChI=1S/C12H5F4N3/c13-8-7(6-17)9(14)11(16)12(10(8)15)18-19-4-2-1-3-5-19/h1-5H. The second kappa shape index (κ2) is 4.94. The Morgan fingerprint density at radius 1 is 0.895 bits per heavy atom. The van der Waals surface area contributed by atoms with Crippen LogP contribution in [0.1, 0.15) is 5.56 Å². The first-order chi connectivity index (χ1) is 9.06. The Kier molecular flexibility index (Phi) is 3.33. The van der Waals surface area contributed by atoms with Gasteiger partial charge in [-0.2, -0.15) is 5.26 Å². The molecule has 1 aromatic carbocycles. The van der Waals surface area contributed by atoms with E-state index in [1.807, 2.05) is 0 Å². The fourth-order valence-electron chi connectivity index (χ4n) is 1.38. The van der Waals surface area contributed by atoms with Gasteiger partial charge in [0.1, 0.15) is 11.6 Å². The van der Waals surface area contributed by atoms with Crippen LogP contribution in [-0.2, 0) is 0 Å². The molecular formula is C12H5F4N3. The molecule has 0 bridgehead atoms. The Morgan fingerprint density at radius 3 is 1.89 bits per heavy atom. The van der Waals surface area contributed by atoms with Crippen LogP contribution in [0.4, 0.5) is 23.2 Å². The van der Waals surface area contributed by atoms with E-state index < -0.39 is 34.5 Å². The van der Waals surface area contributed by atoms with Gasteiger partial charge in [0.25, 0.3) is 0 Å². The minimum Gasteiger partial charge on any atom is -0.399 e.